The molecule has 2 fully saturated rings. The van der Waals surface area contributed by atoms with Crippen molar-refractivity contribution in [2.24, 2.45) is 0 Å². The van der Waals surface area contributed by atoms with Crippen molar-refractivity contribution < 1.29 is 18.5 Å². The Bertz CT molecular complexity index is 689. The Morgan fingerprint density at radius 1 is 1.33 bits per heavy atom. The van der Waals surface area contributed by atoms with Gasteiger partial charge in [0.25, 0.3) is 5.91 Å². The molecular formula is C13H12N4O4. The number of hydrogen-bond acceptors (Lipinski definition) is 6. The smallest absolute Gasteiger partial charge is 0.327 e. The Balaban J connectivity index is 1.51. The minimum Gasteiger partial charge on any atom is -0.461 e. The van der Waals surface area contributed by atoms with Gasteiger partial charge in [0.15, 0.2) is 5.76 Å². The Labute approximate surface area is 119 Å². The fraction of sp³-hybridized carbons (Fsp3) is 0.385. The molecule has 4 rings (SSSR count). The lowest BCUT2D eigenvalue weighted by atomic mass is 10.4. The van der Waals surface area contributed by atoms with Gasteiger partial charge >= 0.3 is 6.03 Å². The summed E-state index contributed by atoms with van der Waals surface area (Å²) < 4.78 is 10.2. The summed E-state index contributed by atoms with van der Waals surface area (Å²) in [6.45, 7) is 0.136. The second-order valence-electron chi connectivity index (χ2n) is 5.11. The van der Waals surface area contributed by atoms with Gasteiger partial charge in [-0.15, -0.1) is 0 Å². The predicted molar refractivity (Wildman–Crippen MR) is 67.7 cm³/mol. The molecule has 3 heterocycles. The van der Waals surface area contributed by atoms with E-state index in [9.17, 15) is 9.59 Å². The molecule has 0 bridgehead atoms. The van der Waals surface area contributed by atoms with Crippen molar-refractivity contribution >= 4 is 11.9 Å². The summed E-state index contributed by atoms with van der Waals surface area (Å²) in [5.41, 5.74) is 0. The number of hydrogen-bond donors (Lipinski definition) is 0. The van der Waals surface area contributed by atoms with Crippen molar-refractivity contribution in [3.05, 3.63) is 24.3 Å². The van der Waals surface area contributed by atoms with Crippen LogP contribution in [0, 0.1) is 0 Å². The van der Waals surface area contributed by atoms with Crippen LogP contribution in [0.3, 0.4) is 0 Å². The molecular weight excluding hydrogens is 276 g/mol. The van der Waals surface area contributed by atoms with Crippen LogP contribution < -0.4 is 0 Å². The third-order valence-corrected chi connectivity index (χ3v) is 3.57. The first-order valence-electron chi connectivity index (χ1n) is 6.70. The van der Waals surface area contributed by atoms with Crippen LogP contribution in [0.2, 0.25) is 0 Å². The zero-order valence-electron chi connectivity index (χ0n) is 11.1. The van der Waals surface area contributed by atoms with Gasteiger partial charge in [0.1, 0.15) is 13.1 Å². The lowest BCUT2D eigenvalue weighted by molar-refractivity contribution is -0.126. The topological polar surface area (TPSA) is 92.7 Å². The Morgan fingerprint density at radius 3 is 2.90 bits per heavy atom. The van der Waals surface area contributed by atoms with Crippen LogP contribution in [0.1, 0.15) is 18.7 Å². The molecule has 21 heavy (non-hydrogen) atoms. The van der Waals surface area contributed by atoms with E-state index in [1.54, 1.807) is 17.0 Å². The quantitative estimate of drug-likeness (QED) is 0.786. The van der Waals surface area contributed by atoms with E-state index in [0.717, 1.165) is 17.7 Å². The Hall–Kier alpha value is -2.64. The van der Waals surface area contributed by atoms with E-state index >= 15 is 0 Å². The lowest BCUT2D eigenvalue weighted by Gasteiger charge is -2.14. The zero-order valence-corrected chi connectivity index (χ0v) is 11.1. The molecule has 2 aromatic rings. The summed E-state index contributed by atoms with van der Waals surface area (Å²) in [5, 5.41) is 3.77. The molecule has 0 radical (unpaired) electrons. The highest BCUT2D eigenvalue weighted by Crippen LogP contribution is 2.30. The van der Waals surface area contributed by atoms with Gasteiger partial charge in [0, 0.05) is 6.04 Å². The molecule has 8 heteroatoms. The number of rotatable bonds is 4. The van der Waals surface area contributed by atoms with Gasteiger partial charge in [0.05, 0.1) is 6.26 Å². The van der Waals surface area contributed by atoms with Gasteiger partial charge in [-0.1, -0.05) is 5.16 Å². The zero-order chi connectivity index (χ0) is 14.4. The SMILES string of the molecule is O=C1CN(C2CC2)C(=O)N1Cc1nc(-c2ccco2)no1. The van der Waals surface area contributed by atoms with Crippen molar-refractivity contribution in [2.45, 2.75) is 25.4 Å². The third kappa shape index (κ3) is 2.08. The van der Waals surface area contributed by atoms with Crippen molar-refractivity contribution in [1.82, 2.24) is 19.9 Å². The van der Waals surface area contributed by atoms with E-state index in [4.69, 9.17) is 8.94 Å². The summed E-state index contributed by atoms with van der Waals surface area (Å²) in [6, 6.07) is 3.36. The van der Waals surface area contributed by atoms with Crippen molar-refractivity contribution in [2.75, 3.05) is 6.54 Å². The summed E-state index contributed by atoms with van der Waals surface area (Å²) in [4.78, 5) is 31.0. The molecule has 8 nitrogen and oxygen atoms in total. The van der Waals surface area contributed by atoms with E-state index in [1.165, 1.54) is 6.26 Å². The van der Waals surface area contributed by atoms with Crippen LogP contribution in [0.25, 0.3) is 11.6 Å². The second-order valence-corrected chi connectivity index (χ2v) is 5.11. The molecule has 0 spiro atoms. The number of nitrogens with zero attached hydrogens (tertiary/aromatic N) is 4. The maximum atomic E-state index is 12.2. The van der Waals surface area contributed by atoms with Crippen LogP contribution in [-0.4, -0.2) is 44.5 Å². The van der Waals surface area contributed by atoms with E-state index in [-0.39, 0.29) is 37.0 Å². The summed E-state index contributed by atoms with van der Waals surface area (Å²) in [5.74, 6) is 0.752. The predicted octanol–water partition coefficient (Wildman–Crippen LogP) is 1.26. The molecule has 0 unspecified atom stereocenters. The Morgan fingerprint density at radius 2 is 2.19 bits per heavy atom. The number of furan rings is 1. The normalized spacial score (nSPS) is 18.9. The molecule has 1 aliphatic carbocycles. The second kappa shape index (κ2) is 4.44. The van der Waals surface area contributed by atoms with Crippen LogP contribution >= 0.6 is 0 Å². The standard InChI is InChI=1S/C13H12N4O4/c18-11-7-16(8-3-4-8)13(19)17(11)6-10-14-12(15-21-10)9-2-1-5-20-9/h1-2,5,8H,3-4,6-7H2. The van der Waals surface area contributed by atoms with Crippen molar-refractivity contribution in [3.63, 3.8) is 0 Å². The first-order chi connectivity index (χ1) is 10.2. The molecule has 3 amide bonds. The van der Waals surface area contributed by atoms with Gasteiger partial charge in [-0.2, -0.15) is 4.98 Å². The number of carbonyl (C=O) groups is 2. The van der Waals surface area contributed by atoms with Gasteiger partial charge in [0.2, 0.25) is 11.7 Å². The number of urea groups is 1. The highest BCUT2D eigenvalue weighted by atomic mass is 16.5. The van der Waals surface area contributed by atoms with E-state index in [1.807, 2.05) is 0 Å². The van der Waals surface area contributed by atoms with Crippen LogP contribution in [-0.2, 0) is 11.3 Å². The molecule has 2 aromatic heterocycles. The number of imide groups is 1. The first kappa shape index (κ1) is 12.1. The van der Waals surface area contributed by atoms with Gasteiger partial charge in [-0.25, -0.2) is 4.79 Å². The first-order valence-corrected chi connectivity index (χ1v) is 6.70. The molecule has 1 saturated carbocycles. The molecule has 0 aromatic carbocycles. The van der Waals surface area contributed by atoms with Gasteiger partial charge < -0.3 is 13.8 Å². The monoisotopic (exact) mass is 288 g/mol. The molecule has 0 N–H and O–H groups in total. The van der Waals surface area contributed by atoms with E-state index < -0.39 is 0 Å². The average Bonchev–Trinajstić information content (AvgIpc) is 2.90. The fourth-order valence-electron chi connectivity index (χ4n) is 2.35. The van der Waals surface area contributed by atoms with E-state index in [0.29, 0.717) is 11.6 Å². The minimum atomic E-state index is -0.278. The molecule has 2 aliphatic rings. The summed E-state index contributed by atoms with van der Waals surface area (Å²) in [7, 11) is 0. The maximum Gasteiger partial charge on any atom is 0.327 e. The fourth-order valence-corrected chi connectivity index (χ4v) is 2.35. The van der Waals surface area contributed by atoms with Gasteiger partial charge in [-0.3, -0.25) is 9.69 Å². The molecule has 1 aliphatic heterocycles. The van der Waals surface area contributed by atoms with Crippen LogP contribution in [0.4, 0.5) is 4.79 Å². The lowest BCUT2D eigenvalue weighted by Crippen LogP contribution is -2.33. The number of aromatic nitrogens is 2. The number of amides is 3. The van der Waals surface area contributed by atoms with Crippen molar-refractivity contribution in [1.29, 1.82) is 0 Å². The maximum absolute atomic E-state index is 12.2. The van der Waals surface area contributed by atoms with Crippen LogP contribution in [0.5, 0.6) is 0 Å². The largest absolute Gasteiger partial charge is 0.461 e. The number of carbonyl (C=O) groups excluding carboxylic acids is 2. The highest BCUT2D eigenvalue weighted by molar-refractivity contribution is 6.02. The average molecular weight is 288 g/mol. The summed E-state index contributed by atoms with van der Waals surface area (Å²) in [6.07, 6.45) is 3.44. The summed E-state index contributed by atoms with van der Waals surface area (Å²) >= 11 is 0. The third-order valence-electron chi connectivity index (χ3n) is 3.57. The van der Waals surface area contributed by atoms with Gasteiger partial charge in [-0.05, 0) is 25.0 Å². The minimum absolute atomic E-state index is 0.00536. The molecule has 108 valence electrons. The van der Waals surface area contributed by atoms with Crippen LogP contribution in [0.15, 0.2) is 27.3 Å². The highest BCUT2D eigenvalue weighted by Gasteiger charge is 2.44. The molecule has 1 saturated heterocycles. The van der Waals surface area contributed by atoms with Crippen molar-refractivity contribution in [3.8, 4) is 11.6 Å². The van der Waals surface area contributed by atoms with E-state index in [2.05, 4.69) is 10.1 Å². The Kier molecular flexibility index (Phi) is 2.56. The molecule has 0 atom stereocenters.